The minimum Gasteiger partial charge on any atom is -0.437 e. The molecule has 0 aliphatic rings. The monoisotopic (exact) mass is 492 g/mol. The average Bonchev–Trinajstić information content (AvgIpc) is 2.60. The topological polar surface area (TPSA) is 135 Å². The van der Waals surface area contributed by atoms with E-state index in [0.717, 1.165) is 32.0 Å². The number of hydrogen-bond donors (Lipinski definition) is 4. The zero-order valence-electron chi connectivity index (χ0n) is 20.2. The lowest BCUT2D eigenvalue weighted by Crippen LogP contribution is -2.52. The van der Waals surface area contributed by atoms with Gasteiger partial charge >= 0.3 is 26.3 Å². The van der Waals surface area contributed by atoms with Gasteiger partial charge in [-0.05, 0) is 77.8 Å². The van der Waals surface area contributed by atoms with E-state index in [2.05, 4.69) is 49.9 Å². The highest BCUT2D eigenvalue weighted by Gasteiger charge is 2.39. The first-order valence-corrected chi connectivity index (χ1v) is 19.6. The van der Waals surface area contributed by atoms with Gasteiger partial charge < -0.3 is 18.9 Å². The van der Waals surface area contributed by atoms with E-state index in [9.17, 15) is 19.2 Å². The van der Waals surface area contributed by atoms with Crippen LogP contribution in [0.5, 0.6) is 0 Å². The zero-order chi connectivity index (χ0) is 24.3. The summed E-state index contributed by atoms with van der Waals surface area (Å²) in [5.74, 6) is -3.67. The number of carbonyl (C=O) groups excluding carboxylic acids is 4. The Morgan fingerprint density at radius 2 is 1.16 bits per heavy atom. The van der Waals surface area contributed by atoms with Crippen LogP contribution in [-0.2, 0) is 27.4 Å². The molecule has 0 fully saturated rings. The molecule has 180 valence electrons. The Balaban J connectivity index is 4.39. The Morgan fingerprint density at radius 1 is 0.710 bits per heavy atom. The summed E-state index contributed by atoms with van der Waals surface area (Å²) in [6.45, 7) is 15.3. The van der Waals surface area contributed by atoms with Gasteiger partial charge in [0.15, 0.2) is 16.6 Å². The maximum atomic E-state index is 11.8. The molecule has 0 saturated carbocycles. The number of nitrogens with one attached hydrogen (secondary N) is 4. The Morgan fingerprint density at radius 3 is 1.61 bits per heavy atom. The second kappa shape index (κ2) is 13.2. The van der Waals surface area contributed by atoms with E-state index >= 15 is 0 Å². The molecule has 0 radical (unpaired) electrons. The molecule has 0 aromatic heterocycles. The fraction of sp³-hybridized carbons (Fsp3) is 0.778. The molecule has 0 saturated heterocycles. The van der Waals surface area contributed by atoms with Gasteiger partial charge in [-0.3, -0.25) is 30.0 Å². The second-order valence-corrected chi connectivity index (χ2v) is 21.6. The highest BCUT2D eigenvalue weighted by molar-refractivity contribution is 6.87. The van der Waals surface area contributed by atoms with Crippen LogP contribution in [0, 0.1) is 0 Å². The molecule has 0 atom stereocenters. The van der Waals surface area contributed by atoms with Crippen molar-refractivity contribution in [1.82, 2.24) is 21.5 Å². The van der Waals surface area contributed by atoms with Crippen molar-refractivity contribution in [3.05, 3.63) is 0 Å². The highest BCUT2D eigenvalue weighted by atomic mass is 28.5. The fourth-order valence-corrected chi connectivity index (χ4v) is 17.3. The lowest BCUT2D eigenvalue weighted by molar-refractivity contribution is -0.142. The molecule has 0 rings (SSSR count). The molecule has 0 aliphatic heterocycles. The first-order valence-electron chi connectivity index (χ1n) is 10.5. The Labute approximate surface area is 189 Å². The van der Waals surface area contributed by atoms with Crippen LogP contribution in [0.15, 0.2) is 0 Å². The molecule has 0 aromatic carbocycles. The SMILES string of the molecule is CNCCC[Si](C)(C)O[Si](C)(C)O[Si](C)(C)CCCNC(=O)C(=O)NNC(=O)C(C)=O. The van der Waals surface area contributed by atoms with E-state index in [0.29, 0.717) is 13.0 Å². The quantitative estimate of drug-likeness (QED) is 0.130. The first kappa shape index (κ1) is 29.6. The van der Waals surface area contributed by atoms with Crippen molar-refractivity contribution >= 4 is 48.7 Å². The van der Waals surface area contributed by atoms with Gasteiger partial charge in [-0.2, -0.15) is 0 Å². The van der Waals surface area contributed by atoms with Gasteiger partial charge in [0.1, 0.15) is 0 Å². The highest BCUT2D eigenvalue weighted by Crippen LogP contribution is 2.25. The molecule has 13 heteroatoms. The van der Waals surface area contributed by atoms with Crippen molar-refractivity contribution in [2.24, 2.45) is 0 Å². The van der Waals surface area contributed by atoms with Crippen LogP contribution >= 0.6 is 0 Å². The molecule has 10 nitrogen and oxygen atoms in total. The molecular formula is C18H40N4O6Si3. The average molecular weight is 493 g/mol. The minimum absolute atomic E-state index is 0.305. The Bertz CT molecular complexity index is 644. The van der Waals surface area contributed by atoms with Crippen LogP contribution < -0.4 is 21.5 Å². The molecule has 0 aromatic rings. The van der Waals surface area contributed by atoms with Crippen LogP contribution in [-0.4, -0.2) is 68.8 Å². The Kier molecular flexibility index (Phi) is 12.6. The van der Waals surface area contributed by atoms with E-state index in [4.69, 9.17) is 8.23 Å². The number of amides is 3. The smallest absolute Gasteiger partial charge is 0.327 e. The molecule has 0 heterocycles. The lowest BCUT2D eigenvalue weighted by atomic mass is 10.4. The molecule has 4 N–H and O–H groups in total. The van der Waals surface area contributed by atoms with Crippen LogP contribution in [0.2, 0.25) is 51.4 Å². The molecule has 31 heavy (non-hydrogen) atoms. The summed E-state index contributed by atoms with van der Waals surface area (Å²) < 4.78 is 13.0. The van der Waals surface area contributed by atoms with Gasteiger partial charge in [-0.1, -0.05) is 0 Å². The number of ketones is 1. The summed E-state index contributed by atoms with van der Waals surface area (Å²) in [6, 6.07) is 1.88. The van der Waals surface area contributed by atoms with Gasteiger partial charge in [-0.25, -0.2) is 0 Å². The largest absolute Gasteiger partial charge is 0.437 e. The summed E-state index contributed by atoms with van der Waals surface area (Å²) in [6.07, 6.45) is 1.75. The maximum Gasteiger partial charge on any atom is 0.327 e. The van der Waals surface area contributed by atoms with E-state index < -0.39 is 48.7 Å². The van der Waals surface area contributed by atoms with Gasteiger partial charge in [0.2, 0.25) is 5.78 Å². The normalized spacial score (nSPS) is 12.3. The molecule has 3 amide bonds. The third kappa shape index (κ3) is 14.3. The predicted octanol–water partition coefficient (Wildman–Crippen LogP) is 0.984. The fourth-order valence-electron chi connectivity index (χ4n) is 3.20. The summed E-state index contributed by atoms with van der Waals surface area (Å²) in [4.78, 5) is 45.2. The number of hydrazine groups is 1. The zero-order valence-corrected chi connectivity index (χ0v) is 23.2. The third-order valence-electron chi connectivity index (χ3n) is 4.31. The summed E-state index contributed by atoms with van der Waals surface area (Å²) in [5, 5.41) is 5.67. The van der Waals surface area contributed by atoms with Crippen molar-refractivity contribution in [3.63, 3.8) is 0 Å². The van der Waals surface area contributed by atoms with Gasteiger partial charge in [0.05, 0.1) is 0 Å². The number of rotatable bonds is 13. The van der Waals surface area contributed by atoms with Gasteiger partial charge in [-0.15, -0.1) is 0 Å². The molecular weight excluding hydrogens is 452 g/mol. The van der Waals surface area contributed by atoms with Gasteiger partial charge in [0, 0.05) is 13.5 Å². The van der Waals surface area contributed by atoms with Crippen molar-refractivity contribution in [2.75, 3.05) is 20.1 Å². The van der Waals surface area contributed by atoms with Crippen LogP contribution in [0.1, 0.15) is 19.8 Å². The van der Waals surface area contributed by atoms with Crippen LogP contribution in [0.25, 0.3) is 0 Å². The van der Waals surface area contributed by atoms with Gasteiger partial charge in [0.25, 0.3) is 0 Å². The molecule has 0 unspecified atom stereocenters. The van der Waals surface area contributed by atoms with Crippen LogP contribution in [0.3, 0.4) is 0 Å². The molecule has 0 spiro atoms. The molecule has 0 aliphatic carbocycles. The number of Topliss-reactive ketones (excluding diaryl/α,β-unsaturated/α-hetero) is 1. The first-order chi connectivity index (χ1) is 14.1. The Hall–Kier alpha value is -1.39. The van der Waals surface area contributed by atoms with Crippen molar-refractivity contribution in [1.29, 1.82) is 0 Å². The molecule has 0 bridgehead atoms. The van der Waals surface area contributed by atoms with Crippen LogP contribution in [0.4, 0.5) is 0 Å². The number of hydrogen-bond acceptors (Lipinski definition) is 7. The van der Waals surface area contributed by atoms with E-state index in [1.54, 1.807) is 0 Å². The van der Waals surface area contributed by atoms with E-state index in [-0.39, 0.29) is 0 Å². The number of carbonyl (C=O) groups is 4. The van der Waals surface area contributed by atoms with E-state index in [1.165, 1.54) is 0 Å². The summed E-state index contributed by atoms with van der Waals surface area (Å²) >= 11 is 0. The van der Waals surface area contributed by atoms with Crippen molar-refractivity contribution < 1.29 is 27.4 Å². The third-order valence-corrected chi connectivity index (χ3v) is 15.8. The standard InChI is InChI=1S/C18H40N4O6Si3/c1-15(23)16(24)21-22-18(26)17(25)20-12-10-14-30(5,6)28-31(7,8)27-29(3,4)13-9-11-19-2/h19H,9-14H2,1-8H3,(H,20,25)(H,21,24)(H,22,26). The minimum atomic E-state index is -2.28. The second-order valence-electron chi connectivity index (χ2n) is 9.15. The predicted molar refractivity (Wildman–Crippen MR) is 127 cm³/mol. The summed E-state index contributed by atoms with van der Waals surface area (Å²) in [7, 11) is -4.15. The summed E-state index contributed by atoms with van der Waals surface area (Å²) in [5.41, 5.74) is 3.76. The maximum absolute atomic E-state index is 11.8. The van der Waals surface area contributed by atoms with E-state index in [1.807, 2.05) is 17.9 Å². The lowest BCUT2D eigenvalue weighted by Gasteiger charge is -2.38. The van der Waals surface area contributed by atoms with Crippen molar-refractivity contribution in [3.8, 4) is 0 Å². The van der Waals surface area contributed by atoms with Crippen molar-refractivity contribution in [2.45, 2.75) is 71.1 Å².